The summed E-state index contributed by atoms with van der Waals surface area (Å²) in [5.74, 6) is -0.793. The molecule has 2 heterocycles. The summed E-state index contributed by atoms with van der Waals surface area (Å²) in [7, 11) is 2.07. The van der Waals surface area contributed by atoms with Crippen LogP contribution in [0, 0.1) is 17.7 Å². The fourth-order valence-corrected chi connectivity index (χ4v) is 5.93. The van der Waals surface area contributed by atoms with Crippen molar-refractivity contribution in [3.63, 3.8) is 0 Å². The minimum atomic E-state index is -1.05. The smallest absolute Gasteiger partial charge is 0.348 e. The number of thiophene rings is 1. The summed E-state index contributed by atoms with van der Waals surface area (Å²) in [5, 5.41) is 9.99. The molecule has 1 aromatic heterocycles. The summed E-state index contributed by atoms with van der Waals surface area (Å²) in [6.07, 6.45) is 5.40. The minimum absolute atomic E-state index is 0.0221. The third-order valence-electron chi connectivity index (χ3n) is 6.93. The molecule has 1 N–H and O–H groups in total. The fourth-order valence-electron chi connectivity index (χ4n) is 4.95. The van der Waals surface area contributed by atoms with Gasteiger partial charge in [0.1, 0.15) is 10.7 Å². The summed E-state index contributed by atoms with van der Waals surface area (Å²) >= 11 is 1.12. The van der Waals surface area contributed by atoms with Gasteiger partial charge in [-0.3, -0.25) is 4.79 Å². The third-order valence-corrected chi connectivity index (χ3v) is 8.09. The lowest BCUT2D eigenvalue weighted by Gasteiger charge is -2.39. The van der Waals surface area contributed by atoms with Gasteiger partial charge in [-0.15, -0.1) is 11.3 Å². The zero-order chi connectivity index (χ0) is 22.8. The second-order valence-corrected chi connectivity index (χ2v) is 10.4. The van der Waals surface area contributed by atoms with Crippen molar-refractivity contribution in [2.24, 2.45) is 11.8 Å². The number of carbonyl (C=O) groups is 2. The van der Waals surface area contributed by atoms with Crippen molar-refractivity contribution in [1.29, 1.82) is 0 Å². The van der Waals surface area contributed by atoms with Crippen molar-refractivity contribution >= 4 is 28.9 Å². The lowest BCUT2D eigenvalue weighted by atomic mass is 9.82. The fraction of sp³-hybridized carbons (Fsp3) is 0.520. The van der Waals surface area contributed by atoms with Crippen molar-refractivity contribution in [3.8, 4) is 10.4 Å². The van der Waals surface area contributed by atoms with Gasteiger partial charge in [0.15, 0.2) is 0 Å². The van der Waals surface area contributed by atoms with Crippen LogP contribution in [-0.2, 0) is 4.79 Å². The molecule has 1 aliphatic heterocycles. The topological polar surface area (TPSA) is 60.9 Å². The molecule has 0 unspecified atom stereocenters. The largest absolute Gasteiger partial charge is 0.477 e. The highest BCUT2D eigenvalue weighted by Crippen LogP contribution is 2.41. The molecule has 1 amide bonds. The van der Waals surface area contributed by atoms with Gasteiger partial charge in [-0.25, -0.2) is 9.18 Å². The van der Waals surface area contributed by atoms with E-state index in [9.17, 15) is 19.1 Å². The van der Waals surface area contributed by atoms with E-state index in [1.54, 1.807) is 23.1 Å². The summed E-state index contributed by atoms with van der Waals surface area (Å²) in [4.78, 5) is 30.9. The zero-order valence-electron chi connectivity index (χ0n) is 18.7. The van der Waals surface area contributed by atoms with Crippen LogP contribution in [-0.4, -0.2) is 48.1 Å². The van der Waals surface area contributed by atoms with Gasteiger partial charge in [-0.05, 0) is 88.3 Å². The average Bonchev–Trinajstić information content (AvgIpc) is 3.21. The highest BCUT2D eigenvalue weighted by Gasteiger charge is 2.37. The van der Waals surface area contributed by atoms with Crippen LogP contribution in [0.4, 0.5) is 10.1 Å². The number of hydrogen-bond acceptors (Lipinski definition) is 4. The number of amides is 1. The molecule has 7 heteroatoms. The first-order chi connectivity index (χ1) is 15.3. The number of nitrogens with zero attached hydrogens (tertiary/aromatic N) is 2. The molecule has 1 aliphatic carbocycles. The highest BCUT2D eigenvalue weighted by molar-refractivity contribution is 7.18. The summed E-state index contributed by atoms with van der Waals surface area (Å²) in [5.41, 5.74) is 1.10. The number of anilines is 1. The van der Waals surface area contributed by atoms with Crippen LogP contribution in [0.3, 0.4) is 0 Å². The normalized spacial score (nSPS) is 22.6. The highest BCUT2D eigenvalue weighted by atomic mass is 32.1. The third kappa shape index (κ3) is 4.89. The number of carboxylic acids is 1. The number of halogens is 1. The molecular weight excluding hydrogens is 427 g/mol. The van der Waals surface area contributed by atoms with E-state index >= 15 is 0 Å². The predicted octanol–water partition coefficient (Wildman–Crippen LogP) is 5.51. The van der Waals surface area contributed by atoms with Crippen molar-refractivity contribution in [3.05, 3.63) is 41.0 Å². The Kier molecular flexibility index (Phi) is 6.96. The lowest BCUT2D eigenvalue weighted by Crippen LogP contribution is -2.49. The first kappa shape index (κ1) is 22.9. The monoisotopic (exact) mass is 458 g/mol. The van der Waals surface area contributed by atoms with Crippen molar-refractivity contribution in [2.75, 3.05) is 25.0 Å². The Bertz CT molecular complexity index is 975. The number of aromatic carboxylic acids is 1. The van der Waals surface area contributed by atoms with E-state index in [0.717, 1.165) is 63.0 Å². The quantitative estimate of drug-likeness (QED) is 0.642. The molecule has 0 radical (unpaired) electrons. The maximum absolute atomic E-state index is 13.8. The van der Waals surface area contributed by atoms with Crippen molar-refractivity contribution in [1.82, 2.24) is 4.90 Å². The van der Waals surface area contributed by atoms with Crippen LogP contribution < -0.4 is 4.90 Å². The van der Waals surface area contributed by atoms with E-state index in [-0.39, 0.29) is 28.6 Å². The van der Waals surface area contributed by atoms with Crippen LogP contribution in [0.5, 0.6) is 0 Å². The molecule has 1 aromatic carbocycles. The maximum atomic E-state index is 13.8. The Morgan fingerprint density at radius 1 is 1.09 bits per heavy atom. The van der Waals surface area contributed by atoms with Gasteiger partial charge in [-0.1, -0.05) is 19.1 Å². The van der Waals surface area contributed by atoms with Gasteiger partial charge < -0.3 is 14.9 Å². The standard InChI is InChI=1S/C25H31FN2O3S/c1-16-6-8-17(9-7-16)24(29)28(20-10-12-27(2)13-11-20)21-15-22(32-23(21)25(30)31)18-4-3-5-19(26)14-18/h3-5,14-17,20H,6-13H2,1-2H3,(H,30,31). The molecule has 0 bridgehead atoms. The van der Waals surface area contributed by atoms with Gasteiger partial charge in [0.05, 0.1) is 5.69 Å². The molecule has 32 heavy (non-hydrogen) atoms. The van der Waals surface area contributed by atoms with Crippen LogP contribution in [0.15, 0.2) is 30.3 Å². The van der Waals surface area contributed by atoms with E-state index in [1.807, 2.05) is 0 Å². The van der Waals surface area contributed by atoms with Gasteiger partial charge in [-0.2, -0.15) is 0 Å². The Hall–Kier alpha value is -2.25. The van der Waals surface area contributed by atoms with E-state index in [0.29, 0.717) is 22.0 Å². The SMILES string of the molecule is CC1CCC(C(=O)N(c2cc(-c3cccc(F)c3)sc2C(=O)O)C2CCN(C)CC2)CC1. The minimum Gasteiger partial charge on any atom is -0.477 e. The molecule has 0 atom stereocenters. The molecule has 5 nitrogen and oxygen atoms in total. The summed E-state index contributed by atoms with van der Waals surface area (Å²) in [6, 6.07) is 7.93. The van der Waals surface area contributed by atoms with E-state index in [4.69, 9.17) is 0 Å². The maximum Gasteiger partial charge on any atom is 0.348 e. The van der Waals surface area contributed by atoms with E-state index < -0.39 is 5.97 Å². The molecule has 1 saturated carbocycles. The van der Waals surface area contributed by atoms with Crippen LogP contribution in [0.2, 0.25) is 0 Å². The van der Waals surface area contributed by atoms with Crippen LogP contribution >= 0.6 is 11.3 Å². The first-order valence-corrected chi connectivity index (χ1v) is 12.3. The number of carbonyl (C=O) groups excluding carboxylic acids is 1. The second kappa shape index (κ2) is 9.71. The Labute approximate surface area is 192 Å². The van der Waals surface area contributed by atoms with Gasteiger partial charge in [0.2, 0.25) is 5.91 Å². The number of likely N-dealkylation sites (tertiary alicyclic amines) is 1. The van der Waals surface area contributed by atoms with E-state index in [1.165, 1.54) is 12.1 Å². The lowest BCUT2D eigenvalue weighted by molar-refractivity contribution is -0.124. The second-order valence-electron chi connectivity index (χ2n) is 9.34. The van der Waals surface area contributed by atoms with Crippen molar-refractivity contribution < 1.29 is 19.1 Å². The Morgan fingerprint density at radius 2 is 1.78 bits per heavy atom. The molecule has 172 valence electrons. The molecule has 2 fully saturated rings. The molecule has 4 rings (SSSR count). The number of hydrogen-bond donors (Lipinski definition) is 1. The summed E-state index contributed by atoms with van der Waals surface area (Å²) in [6.45, 7) is 3.97. The zero-order valence-corrected chi connectivity index (χ0v) is 19.5. The molecule has 1 saturated heterocycles. The van der Waals surface area contributed by atoms with Crippen molar-refractivity contribution in [2.45, 2.75) is 51.5 Å². The number of carboxylic acid groups (broad SMARTS) is 1. The average molecular weight is 459 g/mol. The molecular formula is C25H31FN2O3S. The molecule has 2 aromatic rings. The van der Waals surface area contributed by atoms with Gasteiger partial charge >= 0.3 is 5.97 Å². The van der Waals surface area contributed by atoms with Gasteiger partial charge in [0.25, 0.3) is 0 Å². The van der Waals surface area contributed by atoms with Crippen LogP contribution in [0.1, 0.15) is 55.1 Å². The van der Waals surface area contributed by atoms with E-state index in [2.05, 4.69) is 18.9 Å². The Morgan fingerprint density at radius 3 is 2.41 bits per heavy atom. The molecule has 0 spiro atoms. The summed E-state index contributed by atoms with van der Waals surface area (Å²) < 4.78 is 13.8. The Balaban J connectivity index is 1.74. The predicted molar refractivity (Wildman–Crippen MR) is 126 cm³/mol. The first-order valence-electron chi connectivity index (χ1n) is 11.5. The number of benzene rings is 1. The molecule has 2 aliphatic rings. The van der Waals surface area contributed by atoms with Gasteiger partial charge in [0, 0.05) is 16.8 Å². The number of rotatable bonds is 5. The van der Waals surface area contributed by atoms with Crippen LogP contribution in [0.25, 0.3) is 10.4 Å². The number of piperidine rings is 1.